The first-order valence-corrected chi connectivity index (χ1v) is 10.3. The standard InChI is InChI=1S/C22H24BrNO3/c23-19-7-5-18(6-8-19)22(9-11-26-12-10-22)21(25)24-14-16-13-17-3-1-2-4-20(17)27-15-16/h1-8,16H,9-15H2,(H,24,25). The molecule has 1 unspecified atom stereocenters. The topological polar surface area (TPSA) is 47.6 Å². The molecule has 0 saturated carbocycles. The van der Waals surface area contributed by atoms with E-state index in [9.17, 15) is 4.79 Å². The maximum absolute atomic E-state index is 13.3. The minimum absolute atomic E-state index is 0.104. The van der Waals surface area contributed by atoms with Crippen molar-refractivity contribution in [3.8, 4) is 5.75 Å². The van der Waals surface area contributed by atoms with Crippen molar-refractivity contribution in [2.45, 2.75) is 24.7 Å². The van der Waals surface area contributed by atoms with Gasteiger partial charge in [-0.05, 0) is 48.6 Å². The third-order valence-electron chi connectivity index (χ3n) is 5.68. The molecule has 27 heavy (non-hydrogen) atoms. The lowest BCUT2D eigenvalue weighted by Crippen LogP contribution is -2.49. The summed E-state index contributed by atoms with van der Waals surface area (Å²) < 4.78 is 12.4. The number of rotatable bonds is 4. The highest BCUT2D eigenvalue weighted by Gasteiger charge is 2.41. The Hall–Kier alpha value is -1.85. The van der Waals surface area contributed by atoms with Gasteiger partial charge in [-0.2, -0.15) is 0 Å². The van der Waals surface area contributed by atoms with E-state index in [1.54, 1.807) is 0 Å². The molecule has 0 aromatic heterocycles. The Labute approximate surface area is 168 Å². The van der Waals surface area contributed by atoms with Gasteiger partial charge in [-0.15, -0.1) is 0 Å². The molecule has 0 spiro atoms. The molecule has 1 N–H and O–H groups in total. The quantitative estimate of drug-likeness (QED) is 0.802. The SMILES string of the molecule is O=C(NCC1COc2ccccc2C1)C1(c2ccc(Br)cc2)CCOCC1. The second kappa shape index (κ2) is 8.03. The van der Waals surface area contributed by atoms with Gasteiger partial charge in [-0.1, -0.05) is 46.3 Å². The van der Waals surface area contributed by atoms with Gasteiger partial charge in [0, 0.05) is 30.1 Å². The molecule has 2 aliphatic rings. The number of fused-ring (bicyclic) bond motifs is 1. The second-order valence-corrected chi connectivity index (χ2v) is 8.32. The van der Waals surface area contributed by atoms with Gasteiger partial charge >= 0.3 is 0 Å². The van der Waals surface area contributed by atoms with Gasteiger partial charge in [-0.25, -0.2) is 0 Å². The third-order valence-corrected chi connectivity index (χ3v) is 6.21. The van der Waals surface area contributed by atoms with Gasteiger partial charge in [0.25, 0.3) is 0 Å². The zero-order valence-corrected chi connectivity index (χ0v) is 16.8. The predicted octanol–water partition coefficient (Wildman–Crippen LogP) is 3.86. The third kappa shape index (κ3) is 3.90. The molecule has 1 atom stereocenters. The van der Waals surface area contributed by atoms with Crippen LogP contribution < -0.4 is 10.1 Å². The summed E-state index contributed by atoms with van der Waals surface area (Å²) >= 11 is 3.48. The Morgan fingerprint density at radius 1 is 1.11 bits per heavy atom. The molecule has 5 heteroatoms. The predicted molar refractivity (Wildman–Crippen MR) is 108 cm³/mol. The van der Waals surface area contributed by atoms with E-state index in [2.05, 4.69) is 39.4 Å². The average Bonchev–Trinajstić information content (AvgIpc) is 2.73. The summed E-state index contributed by atoms with van der Waals surface area (Å²) in [6.45, 7) is 2.50. The van der Waals surface area contributed by atoms with Crippen LogP contribution in [0.4, 0.5) is 0 Å². The van der Waals surface area contributed by atoms with Crippen LogP contribution in [-0.2, 0) is 21.4 Å². The van der Waals surface area contributed by atoms with Crippen LogP contribution in [0.15, 0.2) is 53.0 Å². The van der Waals surface area contributed by atoms with Crippen molar-refractivity contribution in [2.75, 3.05) is 26.4 Å². The lowest BCUT2D eigenvalue weighted by Gasteiger charge is -2.37. The summed E-state index contributed by atoms with van der Waals surface area (Å²) in [5.74, 6) is 1.37. The number of halogens is 1. The zero-order valence-electron chi connectivity index (χ0n) is 15.2. The highest BCUT2D eigenvalue weighted by molar-refractivity contribution is 9.10. The fourth-order valence-electron chi connectivity index (χ4n) is 4.06. The Kier molecular flexibility index (Phi) is 5.50. The normalized spacial score (nSPS) is 21.0. The van der Waals surface area contributed by atoms with Crippen LogP contribution in [0.1, 0.15) is 24.0 Å². The lowest BCUT2D eigenvalue weighted by molar-refractivity contribution is -0.130. The molecular weight excluding hydrogens is 406 g/mol. The number of hydrogen-bond donors (Lipinski definition) is 1. The van der Waals surface area contributed by atoms with E-state index < -0.39 is 5.41 Å². The van der Waals surface area contributed by atoms with E-state index in [1.807, 2.05) is 30.3 Å². The summed E-state index contributed by atoms with van der Waals surface area (Å²) in [6.07, 6.45) is 2.36. The van der Waals surface area contributed by atoms with Crippen molar-refractivity contribution in [2.24, 2.45) is 5.92 Å². The summed E-state index contributed by atoms with van der Waals surface area (Å²) in [4.78, 5) is 13.3. The molecule has 142 valence electrons. The van der Waals surface area contributed by atoms with Crippen molar-refractivity contribution in [3.05, 3.63) is 64.1 Å². The fraction of sp³-hybridized carbons (Fsp3) is 0.409. The van der Waals surface area contributed by atoms with Gasteiger partial charge in [0.05, 0.1) is 12.0 Å². The van der Waals surface area contributed by atoms with E-state index in [-0.39, 0.29) is 5.91 Å². The fourth-order valence-corrected chi connectivity index (χ4v) is 4.33. The van der Waals surface area contributed by atoms with E-state index in [0.29, 0.717) is 45.1 Å². The van der Waals surface area contributed by atoms with E-state index in [1.165, 1.54) is 5.56 Å². The number of carbonyl (C=O) groups excluding carboxylic acids is 1. The number of para-hydroxylation sites is 1. The molecule has 2 heterocycles. The number of amides is 1. The van der Waals surface area contributed by atoms with Gasteiger partial charge in [0.2, 0.25) is 5.91 Å². The van der Waals surface area contributed by atoms with Gasteiger partial charge in [-0.3, -0.25) is 4.79 Å². The largest absolute Gasteiger partial charge is 0.493 e. The van der Waals surface area contributed by atoms with Crippen molar-refractivity contribution in [1.82, 2.24) is 5.32 Å². The average molecular weight is 430 g/mol. The molecule has 2 aromatic rings. The molecule has 2 aromatic carbocycles. The molecule has 1 fully saturated rings. The molecular formula is C22H24BrNO3. The molecule has 1 amide bonds. The minimum Gasteiger partial charge on any atom is -0.493 e. The van der Waals surface area contributed by atoms with Crippen molar-refractivity contribution in [3.63, 3.8) is 0 Å². The molecule has 1 saturated heterocycles. The number of benzene rings is 2. The van der Waals surface area contributed by atoms with Crippen LogP contribution >= 0.6 is 15.9 Å². The monoisotopic (exact) mass is 429 g/mol. The van der Waals surface area contributed by atoms with E-state index in [4.69, 9.17) is 9.47 Å². The number of hydrogen-bond acceptors (Lipinski definition) is 3. The van der Waals surface area contributed by atoms with Crippen LogP contribution in [0.5, 0.6) is 5.75 Å². The Bertz CT molecular complexity index is 799. The Balaban J connectivity index is 1.46. The number of nitrogens with one attached hydrogen (secondary N) is 1. The van der Waals surface area contributed by atoms with Gasteiger partial charge in [0.1, 0.15) is 5.75 Å². The number of carbonyl (C=O) groups is 1. The zero-order chi connectivity index (χ0) is 18.7. The van der Waals surface area contributed by atoms with Crippen LogP contribution in [0, 0.1) is 5.92 Å². The van der Waals surface area contributed by atoms with Crippen molar-refractivity contribution >= 4 is 21.8 Å². The van der Waals surface area contributed by atoms with Gasteiger partial charge in [0.15, 0.2) is 0 Å². The maximum atomic E-state index is 13.3. The van der Waals surface area contributed by atoms with E-state index in [0.717, 1.165) is 22.2 Å². The Morgan fingerprint density at radius 3 is 2.63 bits per heavy atom. The van der Waals surface area contributed by atoms with Crippen LogP contribution in [0.3, 0.4) is 0 Å². The van der Waals surface area contributed by atoms with Crippen molar-refractivity contribution < 1.29 is 14.3 Å². The summed E-state index contributed by atoms with van der Waals surface area (Å²) in [7, 11) is 0. The van der Waals surface area contributed by atoms with E-state index >= 15 is 0 Å². The highest BCUT2D eigenvalue weighted by atomic mass is 79.9. The van der Waals surface area contributed by atoms with Crippen molar-refractivity contribution in [1.29, 1.82) is 0 Å². The van der Waals surface area contributed by atoms with Gasteiger partial charge < -0.3 is 14.8 Å². The molecule has 4 nitrogen and oxygen atoms in total. The first-order chi connectivity index (χ1) is 13.2. The molecule has 2 aliphatic heterocycles. The minimum atomic E-state index is -0.508. The molecule has 0 aliphatic carbocycles. The maximum Gasteiger partial charge on any atom is 0.230 e. The summed E-state index contributed by atoms with van der Waals surface area (Å²) in [6, 6.07) is 16.3. The molecule has 0 radical (unpaired) electrons. The lowest BCUT2D eigenvalue weighted by atomic mass is 9.73. The summed E-state index contributed by atoms with van der Waals surface area (Å²) in [5.41, 5.74) is 1.78. The first kappa shape index (κ1) is 18.5. The smallest absolute Gasteiger partial charge is 0.230 e. The first-order valence-electron chi connectivity index (χ1n) is 9.50. The molecule has 4 rings (SSSR count). The molecule has 0 bridgehead atoms. The van der Waals surface area contributed by atoms with Crippen LogP contribution in [0.25, 0.3) is 0 Å². The summed E-state index contributed by atoms with van der Waals surface area (Å²) in [5, 5.41) is 3.22. The van der Waals surface area contributed by atoms with Crippen LogP contribution in [0.2, 0.25) is 0 Å². The second-order valence-electron chi connectivity index (χ2n) is 7.40. The highest BCUT2D eigenvalue weighted by Crippen LogP contribution is 2.36. The number of ether oxygens (including phenoxy) is 2. The van der Waals surface area contributed by atoms with Crippen LogP contribution in [-0.4, -0.2) is 32.3 Å². The Morgan fingerprint density at radius 2 is 1.85 bits per heavy atom.